The highest BCUT2D eigenvalue weighted by Gasteiger charge is 2.16. The van der Waals surface area contributed by atoms with Gasteiger partial charge >= 0.3 is 0 Å². The van der Waals surface area contributed by atoms with Crippen molar-refractivity contribution in [3.8, 4) is 11.5 Å². The topological polar surface area (TPSA) is 76.7 Å². The molecule has 0 aliphatic carbocycles. The maximum atomic E-state index is 13.6. The van der Waals surface area contributed by atoms with Crippen molar-refractivity contribution >= 4 is 35.2 Å². The highest BCUT2D eigenvalue weighted by molar-refractivity contribution is 6.32. The van der Waals surface area contributed by atoms with Gasteiger partial charge in [0.15, 0.2) is 29.0 Å². The molecule has 0 aliphatic rings. The second-order valence-corrected chi connectivity index (χ2v) is 6.93. The van der Waals surface area contributed by atoms with E-state index in [1.807, 2.05) is 19.2 Å². The summed E-state index contributed by atoms with van der Waals surface area (Å²) in [5.41, 5.74) is 0.000510. The van der Waals surface area contributed by atoms with E-state index in [0.717, 1.165) is 12.1 Å². The van der Waals surface area contributed by atoms with Crippen LogP contribution in [0.4, 0.5) is 18.9 Å². The van der Waals surface area contributed by atoms with E-state index in [1.165, 1.54) is 13.2 Å². The number of nitrogens with one attached hydrogen (secondary N) is 2. The van der Waals surface area contributed by atoms with Crippen LogP contribution < -0.4 is 20.1 Å². The van der Waals surface area contributed by atoms with E-state index in [4.69, 9.17) is 21.1 Å². The van der Waals surface area contributed by atoms with Gasteiger partial charge in [-0.3, -0.25) is 9.59 Å². The average molecular weight is 457 g/mol. The van der Waals surface area contributed by atoms with Crippen LogP contribution in [0.1, 0.15) is 19.4 Å². The van der Waals surface area contributed by atoms with Crippen molar-refractivity contribution in [1.29, 1.82) is 0 Å². The van der Waals surface area contributed by atoms with E-state index in [-0.39, 0.29) is 6.10 Å². The first-order valence-corrected chi connectivity index (χ1v) is 9.43. The monoisotopic (exact) mass is 456 g/mol. The van der Waals surface area contributed by atoms with Crippen molar-refractivity contribution in [3.63, 3.8) is 0 Å². The van der Waals surface area contributed by atoms with Crippen molar-refractivity contribution in [1.82, 2.24) is 5.32 Å². The van der Waals surface area contributed by atoms with Gasteiger partial charge in [0.05, 0.1) is 30.5 Å². The van der Waals surface area contributed by atoms with E-state index in [2.05, 4.69) is 5.32 Å². The molecular formula is C21H20ClF3N2O4. The van der Waals surface area contributed by atoms with Crippen LogP contribution in [0.15, 0.2) is 30.3 Å². The molecule has 0 aliphatic heterocycles. The maximum absolute atomic E-state index is 13.6. The Morgan fingerprint density at radius 3 is 2.52 bits per heavy atom. The van der Waals surface area contributed by atoms with Gasteiger partial charge in [0.1, 0.15) is 0 Å². The Bertz CT molecular complexity index is 1010. The molecule has 2 rings (SSSR count). The molecular weight excluding hydrogens is 437 g/mol. The Labute approximate surface area is 182 Å². The highest BCUT2D eigenvalue weighted by Crippen LogP contribution is 2.37. The Hall–Kier alpha value is -3.20. The van der Waals surface area contributed by atoms with Crippen molar-refractivity contribution < 1.29 is 32.2 Å². The molecule has 0 unspecified atom stereocenters. The summed E-state index contributed by atoms with van der Waals surface area (Å²) in [4.78, 5) is 23.8. The third-order valence-corrected chi connectivity index (χ3v) is 4.05. The molecule has 2 amide bonds. The van der Waals surface area contributed by atoms with Gasteiger partial charge < -0.3 is 20.1 Å². The first-order valence-electron chi connectivity index (χ1n) is 9.05. The van der Waals surface area contributed by atoms with Gasteiger partial charge in [-0.1, -0.05) is 11.6 Å². The maximum Gasteiger partial charge on any atom is 0.244 e. The Morgan fingerprint density at radius 1 is 1.16 bits per heavy atom. The summed E-state index contributed by atoms with van der Waals surface area (Å²) in [6, 6.07) is 4.74. The number of anilines is 1. The summed E-state index contributed by atoms with van der Waals surface area (Å²) in [7, 11) is 1.45. The third-order valence-electron chi connectivity index (χ3n) is 3.76. The molecule has 0 radical (unpaired) electrons. The molecule has 0 saturated heterocycles. The molecule has 2 aromatic rings. The number of hydrogen-bond acceptors (Lipinski definition) is 4. The number of methoxy groups -OCH3 is 1. The van der Waals surface area contributed by atoms with Gasteiger partial charge in [-0.2, -0.15) is 0 Å². The van der Waals surface area contributed by atoms with Gasteiger partial charge in [-0.15, -0.1) is 0 Å². The highest BCUT2D eigenvalue weighted by atomic mass is 35.5. The summed E-state index contributed by atoms with van der Waals surface area (Å²) in [6.45, 7) is 3.16. The van der Waals surface area contributed by atoms with E-state index >= 15 is 0 Å². The summed E-state index contributed by atoms with van der Waals surface area (Å²) in [5.74, 6) is -5.31. The summed E-state index contributed by atoms with van der Waals surface area (Å²) in [5, 5.41) is 4.62. The first kappa shape index (κ1) is 24.1. The lowest BCUT2D eigenvalue weighted by atomic mass is 10.2. The van der Waals surface area contributed by atoms with Gasteiger partial charge in [-0.05, 0) is 49.8 Å². The molecule has 6 nitrogen and oxygen atoms in total. The molecule has 0 fully saturated rings. The van der Waals surface area contributed by atoms with Crippen LogP contribution in [0.3, 0.4) is 0 Å². The van der Waals surface area contributed by atoms with Crippen molar-refractivity contribution in [2.45, 2.75) is 20.0 Å². The Balaban J connectivity index is 1.97. The standard InChI is InChI=1S/C21H20ClF3N2O4/c1-11(2)31-21-13(22)8-12(9-16(21)30-3)4-7-17(28)26-10-18(29)27-15-6-5-14(23)19(24)20(15)25/h4-9,11H,10H2,1-3H3,(H,26,28)(H,27,29). The van der Waals surface area contributed by atoms with E-state index < -0.39 is 41.5 Å². The lowest BCUT2D eigenvalue weighted by Crippen LogP contribution is -2.32. The predicted octanol–water partition coefficient (Wildman–Crippen LogP) is 4.32. The van der Waals surface area contributed by atoms with Crippen LogP contribution >= 0.6 is 11.6 Å². The van der Waals surface area contributed by atoms with E-state index in [0.29, 0.717) is 28.2 Å². The third kappa shape index (κ3) is 6.65. The lowest BCUT2D eigenvalue weighted by Gasteiger charge is -2.15. The quantitative estimate of drug-likeness (QED) is 0.458. The van der Waals surface area contributed by atoms with Gasteiger partial charge in [0.2, 0.25) is 11.8 Å². The molecule has 166 valence electrons. The second-order valence-electron chi connectivity index (χ2n) is 6.52. The molecule has 31 heavy (non-hydrogen) atoms. The fraction of sp³-hybridized carbons (Fsp3) is 0.238. The SMILES string of the molecule is COc1cc(C=CC(=O)NCC(=O)Nc2ccc(F)c(F)c2F)cc(Cl)c1OC(C)C. The fourth-order valence-electron chi connectivity index (χ4n) is 2.40. The molecule has 10 heteroatoms. The molecule has 0 spiro atoms. The number of halogens is 4. The van der Waals surface area contributed by atoms with Gasteiger partial charge in [0, 0.05) is 6.08 Å². The first-order chi connectivity index (χ1) is 14.6. The van der Waals surface area contributed by atoms with Crippen molar-refractivity contribution in [2.24, 2.45) is 0 Å². The minimum Gasteiger partial charge on any atom is -0.493 e. The van der Waals surface area contributed by atoms with Gasteiger partial charge in [0.25, 0.3) is 0 Å². The average Bonchev–Trinajstić information content (AvgIpc) is 2.72. The molecule has 0 atom stereocenters. The molecule has 0 heterocycles. The van der Waals surface area contributed by atoms with Crippen molar-refractivity contribution in [3.05, 3.63) is 58.4 Å². The van der Waals surface area contributed by atoms with Crippen LogP contribution in [-0.4, -0.2) is 31.6 Å². The zero-order chi connectivity index (χ0) is 23.1. The number of benzene rings is 2. The molecule has 0 aromatic heterocycles. The van der Waals surface area contributed by atoms with E-state index in [1.54, 1.807) is 12.1 Å². The molecule has 2 N–H and O–H groups in total. The minimum atomic E-state index is -1.70. The molecule has 0 bridgehead atoms. The number of carbonyl (C=O) groups excluding carboxylic acids is 2. The lowest BCUT2D eigenvalue weighted by molar-refractivity contribution is -0.121. The normalized spacial score (nSPS) is 11.0. The van der Waals surface area contributed by atoms with Crippen LogP contribution in [0.2, 0.25) is 5.02 Å². The number of amides is 2. The van der Waals surface area contributed by atoms with Crippen LogP contribution in [0, 0.1) is 17.5 Å². The summed E-state index contributed by atoms with van der Waals surface area (Å²) >= 11 is 6.21. The fourth-order valence-corrected chi connectivity index (χ4v) is 2.66. The zero-order valence-corrected chi connectivity index (χ0v) is 17.6. The Morgan fingerprint density at radius 2 is 1.87 bits per heavy atom. The number of rotatable bonds is 8. The van der Waals surface area contributed by atoms with Crippen LogP contribution in [-0.2, 0) is 9.59 Å². The van der Waals surface area contributed by atoms with Crippen molar-refractivity contribution in [2.75, 3.05) is 19.0 Å². The Kier molecular flexibility index (Phi) is 8.32. The van der Waals surface area contributed by atoms with Crippen LogP contribution in [0.5, 0.6) is 11.5 Å². The molecule has 0 saturated carbocycles. The zero-order valence-electron chi connectivity index (χ0n) is 16.9. The summed E-state index contributed by atoms with van der Waals surface area (Å²) in [6.07, 6.45) is 2.47. The van der Waals surface area contributed by atoms with Gasteiger partial charge in [-0.25, -0.2) is 13.2 Å². The smallest absolute Gasteiger partial charge is 0.244 e. The second kappa shape index (κ2) is 10.7. The predicted molar refractivity (Wildman–Crippen MR) is 111 cm³/mol. The molecule has 2 aromatic carbocycles. The van der Waals surface area contributed by atoms with E-state index in [9.17, 15) is 22.8 Å². The summed E-state index contributed by atoms with van der Waals surface area (Å²) < 4.78 is 50.5. The number of hydrogen-bond donors (Lipinski definition) is 2. The largest absolute Gasteiger partial charge is 0.493 e. The van der Waals surface area contributed by atoms with Crippen LogP contribution in [0.25, 0.3) is 6.08 Å². The number of carbonyl (C=O) groups is 2. The minimum absolute atomic E-state index is 0.121. The number of ether oxygens (including phenoxy) is 2.